The van der Waals surface area contributed by atoms with Crippen LogP contribution < -0.4 is 15.3 Å². The highest BCUT2D eigenvalue weighted by atomic mass is 28.3. The highest BCUT2D eigenvalue weighted by Crippen LogP contribution is 2.27. The second kappa shape index (κ2) is 6.89. The van der Waals surface area contributed by atoms with E-state index in [2.05, 4.69) is 107 Å². The number of nitrogens with zero attached hydrogens (tertiary/aromatic N) is 1. The second-order valence-corrected chi connectivity index (χ2v) is 19.2. The van der Waals surface area contributed by atoms with Gasteiger partial charge in [0, 0.05) is 17.4 Å². The molecule has 0 spiro atoms. The minimum absolute atomic E-state index is 0.431. The summed E-state index contributed by atoms with van der Waals surface area (Å²) in [4.78, 5) is 2.43. The Kier molecular flexibility index (Phi) is 5.45. The summed E-state index contributed by atoms with van der Waals surface area (Å²) in [5.74, 6) is 0. The zero-order valence-electron chi connectivity index (χ0n) is 16.6. The van der Waals surface area contributed by atoms with Crippen LogP contribution in [0.5, 0.6) is 0 Å². The molecule has 0 saturated carbocycles. The summed E-state index contributed by atoms with van der Waals surface area (Å²) >= 11 is 0. The van der Waals surface area contributed by atoms with E-state index in [1.165, 1.54) is 21.7 Å². The molecule has 0 amide bonds. The zero-order valence-corrected chi connectivity index (χ0v) is 18.6. The third-order valence-electron chi connectivity index (χ3n) is 4.54. The topological polar surface area (TPSA) is 3.24 Å². The van der Waals surface area contributed by atoms with Gasteiger partial charge in [-0.25, -0.2) is 0 Å². The SMILES string of the molecule is CC(C)N(c1ccc([Si](C)(C)C)cc1)c1ccc([Si](C)(C)C)cc1. The zero-order chi connectivity index (χ0) is 18.1. The third-order valence-corrected chi connectivity index (χ3v) is 8.67. The van der Waals surface area contributed by atoms with Gasteiger partial charge < -0.3 is 4.90 Å². The van der Waals surface area contributed by atoms with Crippen LogP contribution in [0.15, 0.2) is 48.5 Å². The molecule has 24 heavy (non-hydrogen) atoms. The van der Waals surface area contributed by atoms with Crippen molar-refractivity contribution in [2.45, 2.75) is 59.2 Å². The molecule has 130 valence electrons. The van der Waals surface area contributed by atoms with Crippen molar-refractivity contribution in [3.63, 3.8) is 0 Å². The summed E-state index contributed by atoms with van der Waals surface area (Å²) in [6.45, 7) is 18.9. The average Bonchev–Trinajstić information content (AvgIpc) is 2.46. The van der Waals surface area contributed by atoms with E-state index in [1.807, 2.05) is 0 Å². The molecule has 0 saturated heterocycles. The molecule has 3 heteroatoms. The minimum Gasteiger partial charge on any atom is -0.339 e. The second-order valence-electron chi connectivity index (χ2n) is 9.06. The number of hydrogen-bond acceptors (Lipinski definition) is 1. The van der Waals surface area contributed by atoms with Crippen molar-refractivity contribution >= 4 is 37.9 Å². The lowest BCUT2D eigenvalue weighted by Gasteiger charge is -2.30. The Morgan fingerprint density at radius 2 is 0.875 bits per heavy atom. The molecule has 0 aliphatic heterocycles. The average molecular weight is 356 g/mol. The molecule has 0 fully saturated rings. The van der Waals surface area contributed by atoms with Crippen LogP contribution in [0.25, 0.3) is 0 Å². The molecule has 0 unspecified atom stereocenters. The number of rotatable bonds is 5. The molecular weight excluding hydrogens is 322 g/mol. The van der Waals surface area contributed by atoms with Gasteiger partial charge in [0.15, 0.2) is 0 Å². The van der Waals surface area contributed by atoms with Crippen molar-refractivity contribution in [3.8, 4) is 0 Å². The van der Waals surface area contributed by atoms with Gasteiger partial charge in [-0.15, -0.1) is 0 Å². The van der Waals surface area contributed by atoms with Crippen LogP contribution in [0.2, 0.25) is 39.3 Å². The summed E-state index contributed by atoms with van der Waals surface area (Å²) < 4.78 is 0. The Balaban J connectivity index is 2.36. The Morgan fingerprint density at radius 1 is 0.583 bits per heavy atom. The lowest BCUT2D eigenvalue weighted by Crippen LogP contribution is -2.38. The molecule has 0 aliphatic carbocycles. The molecule has 0 bridgehead atoms. The molecule has 0 aliphatic rings. The molecule has 0 atom stereocenters. The fraction of sp³-hybridized carbons (Fsp3) is 0.429. The van der Waals surface area contributed by atoms with Crippen molar-refractivity contribution in [1.82, 2.24) is 0 Å². The summed E-state index contributed by atoms with van der Waals surface area (Å²) in [7, 11) is -2.48. The largest absolute Gasteiger partial charge is 0.339 e. The van der Waals surface area contributed by atoms with E-state index < -0.39 is 16.1 Å². The maximum atomic E-state index is 2.43. The fourth-order valence-electron chi connectivity index (χ4n) is 2.99. The van der Waals surface area contributed by atoms with Gasteiger partial charge in [-0.05, 0) is 38.1 Å². The summed E-state index contributed by atoms with van der Waals surface area (Å²) in [5.41, 5.74) is 2.57. The monoisotopic (exact) mass is 355 g/mol. The first-order valence-electron chi connectivity index (χ1n) is 9.00. The van der Waals surface area contributed by atoms with E-state index in [9.17, 15) is 0 Å². The normalized spacial score (nSPS) is 12.5. The van der Waals surface area contributed by atoms with Crippen LogP contribution in [0.4, 0.5) is 11.4 Å². The predicted molar refractivity (Wildman–Crippen MR) is 116 cm³/mol. The summed E-state index contributed by atoms with van der Waals surface area (Å²) in [5, 5.41) is 3.04. The van der Waals surface area contributed by atoms with Crippen LogP contribution in [0, 0.1) is 0 Å². The Labute approximate surface area is 150 Å². The lowest BCUT2D eigenvalue weighted by atomic mass is 10.2. The molecule has 0 radical (unpaired) electrons. The van der Waals surface area contributed by atoms with Gasteiger partial charge in [-0.1, -0.05) is 73.9 Å². The standard InChI is InChI=1S/C21H33NSi2/c1-17(2)22(18-9-13-20(14-10-18)23(3,4)5)19-11-15-21(16-12-19)24(6,7)8/h9-17H,1-8H3. The predicted octanol–water partition coefficient (Wildman–Crippen LogP) is 5.32. The highest BCUT2D eigenvalue weighted by molar-refractivity contribution is 6.89. The van der Waals surface area contributed by atoms with Crippen molar-refractivity contribution in [1.29, 1.82) is 0 Å². The van der Waals surface area contributed by atoms with Gasteiger partial charge in [-0.3, -0.25) is 0 Å². The molecule has 0 heterocycles. The maximum absolute atomic E-state index is 2.43. The van der Waals surface area contributed by atoms with Crippen LogP contribution >= 0.6 is 0 Å². The van der Waals surface area contributed by atoms with Gasteiger partial charge in [0.1, 0.15) is 0 Å². The summed E-state index contributed by atoms with van der Waals surface area (Å²) in [6, 6.07) is 18.9. The quantitative estimate of drug-likeness (QED) is 0.656. The molecular formula is C21H33NSi2. The van der Waals surface area contributed by atoms with E-state index in [0.717, 1.165) is 0 Å². The van der Waals surface area contributed by atoms with Crippen LogP contribution in [0.1, 0.15) is 13.8 Å². The van der Waals surface area contributed by atoms with E-state index >= 15 is 0 Å². The Morgan fingerprint density at radius 3 is 1.08 bits per heavy atom. The smallest absolute Gasteiger partial charge is 0.0775 e. The molecule has 2 aromatic rings. The van der Waals surface area contributed by atoms with Crippen LogP contribution in [0.3, 0.4) is 0 Å². The van der Waals surface area contributed by atoms with Crippen molar-refractivity contribution in [3.05, 3.63) is 48.5 Å². The van der Waals surface area contributed by atoms with Gasteiger partial charge in [0.2, 0.25) is 0 Å². The van der Waals surface area contributed by atoms with Crippen LogP contribution in [-0.2, 0) is 0 Å². The number of anilines is 2. The van der Waals surface area contributed by atoms with E-state index in [4.69, 9.17) is 0 Å². The van der Waals surface area contributed by atoms with E-state index in [1.54, 1.807) is 0 Å². The Bertz CT molecular complexity index is 601. The van der Waals surface area contributed by atoms with Crippen molar-refractivity contribution < 1.29 is 0 Å². The maximum Gasteiger partial charge on any atom is 0.0775 e. The number of hydrogen-bond donors (Lipinski definition) is 0. The first-order chi connectivity index (χ1) is 11.0. The highest BCUT2D eigenvalue weighted by Gasteiger charge is 2.19. The lowest BCUT2D eigenvalue weighted by molar-refractivity contribution is 0.789. The molecule has 2 aromatic carbocycles. The van der Waals surface area contributed by atoms with Gasteiger partial charge in [-0.2, -0.15) is 0 Å². The van der Waals surface area contributed by atoms with Crippen molar-refractivity contribution in [2.75, 3.05) is 4.90 Å². The molecule has 0 aromatic heterocycles. The van der Waals surface area contributed by atoms with Gasteiger partial charge in [0.05, 0.1) is 16.1 Å². The molecule has 2 rings (SSSR count). The first-order valence-corrected chi connectivity index (χ1v) is 16.0. The summed E-state index contributed by atoms with van der Waals surface area (Å²) in [6.07, 6.45) is 0. The molecule has 1 nitrogen and oxygen atoms in total. The first kappa shape index (κ1) is 19.0. The Hall–Kier alpha value is -1.33. The minimum atomic E-state index is -1.24. The third kappa shape index (κ3) is 4.39. The molecule has 0 N–H and O–H groups in total. The van der Waals surface area contributed by atoms with E-state index in [0.29, 0.717) is 6.04 Å². The fourth-order valence-corrected chi connectivity index (χ4v) is 5.32. The van der Waals surface area contributed by atoms with Crippen LogP contribution in [-0.4, -0.2) is 22.2 Å². The van der Waals surface area contributed by atoms with Gasteiger partial charge >= 0.3 is 0 Å². The van der Waals surface area contributed by atoms with Crippen molar-refractivity contribution in [2.24, 2.45) is 0 Å². The van der Waals surface area contributed by atoms with E-state index in [-0.39, 0.29) is 0 Å². The number of benzene rings is 2. The van der Waals surface area contributed by atoms with Gasteiger partial charge in [0.25, 0.3) is 0 Å².